The van der Waals surface area contributed by atoms with Crippen LogP contribution >= 0.6 is 0 Å². The predicted octanol–water partition coefficient (Wildman–Crippen LogP) is 2.46. The Bertz CT molecular complexity index is 283. The SMILES string of the molecule is C=C1C2OC2C(=C)[C@@H]2CC=CC[C@H]12. The molecule has 0 amide bonds. The molecule has 4 atom stereocenters. The van der Waals surface area contributed by atoms with Gasteiger partial charge in [-0.3, -0.25) is 0 Å². The van der Waals surface area contributed by atoms with Gasteiger partial charge in [-0.15, -0.1) is 0 Å². The summed E-state index contributed by atoms with van der Waals surface area (Å²) in [5.41, 5.74) is 2.62. The van der Waals surface area contributed by atoms with Crippen LogP contribution in [-0.2, 0) is 4.74 Å². The van der Waals surface area contributed by atoms with Gasteiger partial charge in [-0.2, -0.15) is 0 Å². The summed E-state index contributed by atoms with van der Waals surface area (Å²) in [5, 5.41) is 0. The lowest BCUT2D eigenvalue weighted by Crippen LogP contribution is -2.29. The third-order valence-corrected chi connectivity index (χ3v) is 3.61. The number of rotatable bonds is 0. The monoisotopic (exact) mass is 174 g/mol. The minimum atomic E-state index is 0.320. The molecule has 1 heterocycles. The van der Waals surface area contributed by atoms with Gasteiger partial charge in [0.2, 0.25) is 0 Å². The van der Waals surface area contributed by atoms with Crippen LogP contribution in [0.15, 0.2) is 36.5 Å². The molecule has 13 heavy (non-hydrogen) atoms. The van der Waals surface area contributed by atoms with Crippen LogP contribution in [0.2, 0.25) is 0 Å². The standard InChI is InChI=1S/C12H14O/c1-7-9-5-3-4-6-10(9)8(2)12-11(7)13-12/h3-4,9-12H,1-2,5-6H2/t9-,10+,11?,12?. The highest BCUT2D eigenvalue weighted by molar-refractivity contribution is 5.36. The Hall–Kier alpha value is -0.820. The molecule has 1 saturated heterocycles. The summed E-state index contributed by atoms with van der Waals surface area (Å²) in [6, 6.07) is 0. The maximum atomic E-state index is 5.57. The highest BCUT2D eigenvalue weighted by Crippen LogP contribution is 2.51. The van der Waals surface area contributed by atoms with Gasteiger partial charge < -0.3 is 4.74 Å². The second-order valence-corrected chi connectivity index (χ2v) is 4.28. The Balaban J connectivity index is 1.97. The smallest absolute Gasteiger partial charge is 0.110 e. The summed E-state index contributed by atoms with van der Waals surface area (Å²) in [5.74, 6) is 1.22. The topological polar surface area (TPSA) is 12.5 Å². The zero-order valence-electron chi connectivity index (χ0n) is 7.70. The molecule has 2 aliphatic carbocycles. The third-order valence-electron chi connectivity index (χ3n) is 3.61. The minimum absolute atomic E-state index is 0.320. The zero-order chi connectivity index (χ0) is 9.00. The van der Waals surface area contributed by atoms with E-state index in [1.807, 2.05) is 0 Å². The van der Waals surface area contributed by atoms with Gasteiger partial charge >= 0.3 is 0 Å². The fraction of sp³-hybridized carbons (Fsp3) is 0.500. The number of ether oxygens (including phenoxy) is 1. The summed E-state index contributed by atoms with van der Waals surface area (Å²) in [4.78, 5) is 0. The molecular weight excluding hydrogens is 160 g/mol. The van der Waals surface area contributed by atoms with E-state index in [2.05, 4.69) is 25.3 Å². The molecule has 1 aliphatic heterocycles. The number of allylic oxidation sites excluding steroid dienone is 2. The van der Waals surface area contributed by atoms with E-state index in [-0.39, 0.29) is 0 Å². The van der Waals surface area contributed by atoms with Gasteiger partial charge in [-0.25, -0.2) is 0 Å². The van der Waals surface area contributed by atoms with Crippen molar-refractivity contribution in [3.63, 3.8) is 0 Å². The molecule has 3 aliphatic rings. The van der Waals surface area contributed by atoms with Crippen LogP contribution < -0.4 is 0 Å². The van der Waals surface area contributed by atoms with Crippen molar-refractivity contribution < 1.29 is 4.74 Å². The lowest BCUT2D eigenvalue weighted by molar-refractivity contribution is 0.393. The van der Waals surface area contributed by atoms with Crippen LogP contribution in [0.25, 0.3) is 0 Å². The fourth-order valence-electron chi connectivity index (χ4n) is 2.73. The second-order valence-electron chi connectivity index (χ2n) is 4.28. The first-order chi connectivity index (χ1) is 6.29. The summed E-state index contributed by atoms with van der Waals surface area (Å²) in [6.45, 7) is 8.31. The average molecular weight is 174 g/mol. The lowest BCUT2D eigenvalue weighted by atomic mass is 9.69. The van der Waals surface area contributed by atoms with Crippen LogP contribution in [0.1, 0.15) is 12.8 Å². The predicted molar refractivity (Wildman–Crippen MR) is 52.3 cm³/mol. The number of fused-ring (bicyclic) bond motifs is 2. The Labute approximate surface area is 78.8 Å². The van der Waals surface area contributed by atoms with Gasteiger partial charge in [0.05, 0.1) is 0 Å². The van der Waals surface area contributed by atoms with Crippen LogP contribution in [0, 0.1) is 11.8 Å². The van der Waals surface area contributed by atoms with Crippen LogP contribution in [0.4, 0.5) is 0 Å². The van der Waals surface area contributed by atoms with Gasteiger partial charge in [0, 0.05) is 0 Å². The quantitative estimate of drug-likeness (QED) is 0.406. The van der Waals surface area contributed by atoms with Crippen LogP contribution in [0.5, 0.6) is 0 Å². The Morgan fingerprint density at radius 3 is 1.92 bits per heavy atom. The molecule has 3 rings (SSSR count). The summed E-state index contributed by atoms with van der Waals surface area (Å²) < 4.78 is 5.57. The van der Waals surface area contributed by atoms with Gasteiger partial charge in [-0.05, 0) is 35.8 Å². The third kappa shape index (κ3) is 0.910. The van der Waals surface area contributed by atoms with Crippen molar-refractivity contribution in [2.75, 3.05) is 0 Å². The Morgan fingerprint density at radius 1 is 1.00 bits per heavy atom. The zero-order valence-corrected chi connectivity index (χ0v) is 7.70. The van der Waals surface area contributed by atoms with E-state index in [1.54, 1.807) is 0 Å². The van der Waals surface area contributed by atoms with Gasteiger partial charge in [0.15, 0.2) is 0 Å². The second kappa shape index (κ2) is 2.36. The summed E-state index contributed by atoms with van der Waals surface area (Å²) >= 11 is 0. The average Bonchev–Trinajstić information content (AvgIpc) is 2.94. The molecule has 1 nitrogen and oxygen atoms in total. The molecule has 2 unspecified atom stereocenters. The van der Waals surface area contributed by atoms with Crippen molar-refractivity contribution in [1.82, 2.24) is 0 Å². The number of epoxide rings is 1. The summed E-state index contributed by atoms with van der Waals surface area (Å²) in [7, 11) is 0. The van der Waals surface area contributed by atoms with Crippen molar-refractivity contribution in [2.45, 2.75) is 25.0 Å². The summed E-state index contributed by atoms with van der Waals surface area (Å²) in [6.07, 6.45) is 7.44. The molecule has 2 fully saturated rings. The highest BCUT2D eigenvalue weighted by Gasteiger charge is 2.53. The molecule has 0 aromatic rings. The normalized spacial score (nSPS) is 47.1. The van der Waals surface area contributed by atoms with Crippen molar-refractivity contribution in [3.05, 3.63) is 36.5 Å². The maximum Gasteiger partial charge on any atom is 0.110 e. The van der Waals surface area contributed by atoms with E-state index < -0.39 is 0 Å². The Kier molecular flexibility index (Phi) is 1.37. The van der Waals surface area contributed by atoms with E-state index in [9.17, 15) is 0 Å². The largest absolute Gasteiger partial charge is 0.360 e. The molecule has 1 heteroatoms. The van der Waals surface area contributed by atoms with Crippen LogP contribution in [0.3, 0.4) is 0 Å². The van der Waals surface area contributed by atoms with Crippen molar-refractivity contribution in [2.24, 2.45) is 11.8 Å². The molecule has 0 spiro atoms. The number of hydrogen-bond acceptors (Lipinski definition) is 1. The lowest BCUT2D eigenvalue weighted by Gasteiger charge is -2.33. The number of hydrogen-bond donors (Lipinski definition) is 0. The van der Waals surface area contributed by atoms with E-state index in [4.69, 9.17) is 4.74 Å². The van der Waals surface area contributed by atoms with Gasteiger partial charge in [0.1, 0.15) is 12.2 Å². The molecule has 1 saturated carbocycles. The molecule has 0 aromatic carbocycles. The van der Waals surface area contributed by atoms with Crippen molar-refractivity contribution >= 4 is 0 Å². The molecular formula is C12H14O. The molecule has 0 bridgehead atoms. The van der Waals surface area contributed by atoms with Gasteiger partial charge in [0.25, 0.3) is 0 Å². The first-order valence-corrected chi connectivity index (χ1v) is 4.97. The molecule has 68 valence electrons. The molecule has 0 N–H and O–H groups in total. The van der Waals surface area contributed by atoms with E-state index in [1.165, 1.54) is 11.1 Å². The highest BCUT2D eigenvalue weighted by atomic mass is 16.6. The Morgan fingerprint density at radius 2 is 1.46 bits per heavy atom. The van der Waals surface area contributed by atoms with Crippen LogP contribution in [-0.4, -0.2) is 12.2 Å². The molecule has 0 radical (unpaired) electrons. The van der Waals surface area contributed by atoms with E-state index in [0.29, 0.717) is 24.0 Å². The fourth-order valence-corrected chi connectivity index (χ4v) is 2.73. The van der Waals surface area contributed by atoms with E-state index in [0.717, 1.165) is 12.8 Å². The van der Waals surface area contributed by atoms with Crippen molar-refractivity contribution in [1.29, 1.82) is 0 Å². The van der Waals surface area contributed by atoms with E-state index >= 15 is 0 Å². The van der Waals surface area contributed by atoms with Crippen molar-refractivity contribution in [3.8, 4) is 0 Å². The first kappa shape index (κ1) is 7.57. The first-order valence-electron chi connectivity index (χ1n) is 4.97. The van der Waals surface area contributed by atoms with Gasteiger partial charge in [-0.1, -0.05) is 25.3 Å². The minimum Gasteiger partial charge on any atom is -0.360 e. The molecule has 0 aromatic heterocycles. The maximum absolute atomic E-state index is 5.57.